The number of piperazine rings is 1. The summed E-state index contributed by atoms with van der Waals surface area (Å²) in [4.78, 5) is 45.4. The molecule has 2 heterocycles. The lowest BCUT2D eigenvalue weighted by atomic mass is 9.85. The minimum Gasteiger partial charge on any atom is -0.338 e. The zero-order valence-electron chi connectivity index (χ0n) is 23.6. The molecule has 1 saturated carbocycles. The summed E-state index contributed by atoms with van der Waals surface area (Å²) < 4.78 is 1.50. The Labute approximate surface area is 235 Å². The first kappa shape index (κ1) is 28.3. The van der Waals surface area contributed by atoms with Gasteiger partial charge in [0.1, 0.15) is 5.82 Å². The Morgan fingerprint density at radius 1 is 0.950 bits per heavy atom. The summed E-state index contributed by atoms with van der Waals surface area (Å²) in [5.74, 6) is 0.0601. The van der Waals surface area contributed by atoms with Crippen LogP contribution in [0.2, 0.25) is 0 Å². The number of aromatic nitrogens is 2. The summed E-state index contributed by atoms with van der Waals surface area (Å²) in [5.41, 5.74) is 13.9. The van der Waals surface area contributed by atoms with Crippen molar-refractivity contribution in [3.8, 4) is 5.69 Å². The van der Waals surface area contributed by atoms with E-state index < -0.39 is 11.2 Å². The van der Waals surface area contributed by atoms with Crippen LogP contribution < -0.4 is 27.8 Å². The van der Waals surface area contributed by atoms with E-state index in [2.05, 4.69) is 27.8 Å². The molecule has 1 saturated heterocycles. The monoisotopic (exact) mass is 550 g/mol. The third-order valence-electron chi connectivity index (χ3n) is 8.38. The molecule has 5 rings (SSSR count). The summed E-state index contributed by atoms with van der Waals surface area (Å²) in [5, 5.41) is 6.57. The van der Waals surface area contributed by atoms with Crippen molar-refractivity contribution in [3.63, 3.8) is 0 Å². The minimum absolute atomic E-state index is 0.137. The number of rotatable bonds is 5. The van der Waals surface area contributed by atoms with Gasteiger partial charge in [-0.15, -0.1) is 0 Å². The van der Waals surface area contributed by atoms with Crippen molar-refractivity contribution in [2.75, 3.05) is 31.5 Å². The molecule has 11 nitrogen and oxygen atoms in total. The largest absolute Gasteiger partial charge is 0.354 e. The fourth-order valence-electron chi connectivity index (χ4n) is 6.03. The third kappa shape index (κ3) is 6.54. The number of nitrogens with zero attached hydrogens (tertiary/aromatic N) is 4. The van der Waals surface area contributed by atoms with Crippen LogP contribution >= 0.6 is 0 Å². The molecule has 1 atom stereocenters. The first-order valence-electron chi connectivity index (χ1n) is 14.4. The predicted octanol–water partition coefficient (Wildman–Crippen LogP) is 1.36. The van der Waals surface area contributed by atoms with E-state index in [4.69, 9.17) is 11.5 Å². The van der Waals surface area contributed by atoms with E-state index in [1.165, 1.54) is 15.7 Å². The Bertz CT molecular complexity index is 1290. The minimum atomic E-state index is -0.944. The normalized spacial score (nSPS) is 23.4. The van der Waals surface area contributed by atoms with E-state index in [1.807, 2.05) is 6.07 Å². The number of anilines is 1. The van der Waals surface area contributed by atoms with Crippen LogP contribution in [0, 0.1) is 0 Å². The second-order valence-corrected chi connectivity index (χ2v) is 12.1. The number of amides is 3. The SMILES string of the molecule is CC(C)(N)C(=O)N1CCN(C(=O)Nc2ccn(-c3ccc4c(c3)CCC(N[C@H]3CC[C@H](N)CC3)C4)c(=O)n2)CC1. The molecular formula is C29H42N8O3. The van der Waals surface area contributed by atoms with Gasteiger partial charge in [0.15, 0.2) is 0 Å². The Morgan fingerprint density at radius 2 is 1.65 bits per heavy atom. The highest BCUT2D eigenvalue weighted by Crippen LogP contribution is 2.26. The van der Waals surface area contributed by atoms with E-state index in [9.17, 15) is 14.4 Å². The van der Waals surface area contributed by atoms with Crippen LogP contribution in [0.15, 0.2) is 35.3 Å². The van der Waals surface area contributed by atoms with Gasteiger partial charge in [-0.25, -0.2) is 9.59 Å². The van der Waals surface area contributed by atoms with Gasteiger partial charge in [-0.3, -0.25) is 14.7 Å². The molecule has 0 spiro atoms. The van der Waals surface area contributed by atoms with Gasteiger partial charge in [-0.05, 0) is 88.1 Å². The van der Waals surface area contributed by atoms with E-state index in [-0.39, 0.29) is 17.8 Å². The molecule has 1 aliphatic heterocycles. The van der Waals surface area contributed by atoms with Crippen LogP contribution in [0.3, 0.4) is 0 Å². The molecule has 2 fully saturated rings. The molecule has 0 bridgehead atoms. The van der Waals surface area contributed by atoms with Crippen molar-refractivity contribution in [3.05, 3.63) is 52.1 Å². The van der Waals surface area contributed by atoms with Crippen LogP contribution in [0.25, 0.3) is 5.69 Å². The number of carbonyl (C=O) groups excluding carboxylic acids is 2. The molecule has 1 unspecified atom stereocenters. The number of urea groups is 1. The Morgan fingerprint density at radius 3 is 2.33 bits per heavy atom. The smallest absolute Gasteiger partial charge is 0.338 e. The first-order chi connectivity index (χ1) is 19.1. The topological polar surface area (TPSA) is 152 Å². The lowest BCUT2D eigenvalue weighted by Gasteiger charge is -2.37. The summed E-state index contributed by atoms with van der Waals surface area (Å²) >= 11 is 0. The van der Waals surface area contributed by atoms with Gasteiger partial charge in [0, 0.05) is 50.5 Å². The van der Waals surface area contributed by atoms with Crippen LogP contribution in [-0.2, 0) is 17.6 Å². The van der Waals surface area contributed by atoms with E-state index in [1.54, 1.807) is 35.9 Å². The zero-order chi connectivity index (χ0) is 28.4. The second kappa shape index (κ2) is 11.7. The quantitative estimate of drug-likeness (QED) is 0.439. The number of fused-ring (bicyclic) bond motifs is 1. The van der Waals surface area contributed by atoms with Crippen LogP contribution in [0.5, 0.6) is 0 Å². The van der Waals surface area contributed by atoms with Crippen molar-refractivity contribution in [1.82, 2.24) is 24.7 Å². The average molecular weight is 551 g/mol. The zero-order valence-corrected chi connectivity index (χ0v) is 23.6. The summed E-state index contributed by atoms with van der Waals surface area (Å²) in [6.07, 6.45) is 9.18. The number of nitrogens with two attached hydrogens (primary N) is 2. The molecule has 1 aromatic heterocycles. The second-order valence-electron chi connectivity index (χ2n) is 12.1. The summed E-state index contributed by atoms with van der Waals surface area (Å²) in [6.45, 7) is 4.93. The number of benzene rings is 1. The maximum absolute atomic E-state index is 12.9. The Hall–Kier alpha value is -3.28. The van der Waals surface area contributed by atoms with Crippen molar-refractivity contribution >= 4 is 17.8 Å². The molecule has 2 aromatic rings. The molecule has 1 aromatic carbocycles. The number of carbonyl (C=O) groups is 2. The number of aryl methyl sites for hydroxylation is 1. The lowest BCUT2D eigenvalue weighted by molar-refractivity contribution is -0.137. The molecule has 40 heavy (non-hydrogen) atoms. The summed E-state index contributed by atoms with van der Waals surface area (Å²) in [6, 6.07) is 8.83. The van der Waals surface area contributed by atoms with Gasteiger partial charge in [0.05, 0.1) is 11.2 Å². The molecule has 3 amide bonds. The standard InChI is InChI=1S/C29H42N8O3/c1-29(2,31)26(38)35-13-15-36(16-14-35)27(39)33-25-11-12-37(28(40)34-25)24-10-4-19-17-23(7-3-20(19)18-24)32-22-8-5-21(30)6-9-22/h4,10-12,18,21-23,32H,3,5-9,13-17,30-31H2,1-2H3,(H,33,34,39,40)/t21-,22-,23?. The first-order valence-corrected chi connectivity index (χ1v) is 14.4. The van der Waals surface area contributed by atoms with E-state index in [0.29, 0.717) is 44.3 Å². The molecule has 11 heteroatoms. The van der Waals surface area contributed by atoms with Gasteiger partial charge in [-0.1, -0.05) is 6.07 Å². The summed E-state index contributed by atoms with van der Waals surface area (Å²) in [7, 11) is 0. The van der Waals surface area contributed by atoms with Crippen LogP contribution in [0.1, 0.15) is 57.1 Å². The number of hydrogen-bond donors (Lipinski definition) is 4. The van der Waals surface area contributed by atoms with Gasteiger partial charge >= 0.3 is 11.7 Å². The molecule has 6 N–H and O–H groups in total. The van der Waals surface area contributed by atoms with Crippen molar-refractivity contribution in [2.24, 2.45) is 11.5 Å². The fourth-order valence-corrected chi connectivity index (χ4v) is 6.03. The molecule has 216 valence electrons. The van der Waals surface area contributed by atoms with E-state index >= 15 is 0 Å². The Balaban J connectivity index is 1.17. The van der Waals surface area contributed by atoms with Gasteiger partial charge in [-0.2, -0.15) is 4.98 Å². The maximum Gasteiger partial charge on any atom is 0.354 e. The fraction of sp³-hybridized carbons (Fsp3) is 0.586. The third-order valence-corrected chi connectivity index (χ3v) is 8.38. The molecule has 2 aliphatic carbocycles. The lowest BCUT2D eigenvalue weighted by Crippen LogP contribution is -2.58. The molecule has 0 radical (unpaired) electrons. The molecular weight excluding hydrogens is 508 g/mol. The average Bonchev–Trinajstić information content (AvgIpc) is 2.93. The van der Waals surface area contributed by atoms with Crippen LogP contribution in [-0.4, -0.2) is 81.1 Å². The van der Waals surface area contributed by atoms with E-state index in [0.717, 1.165) is 50.6 Å². The van der Waals surface area contributed by atoms with Crippen LogP contribution in [0.4, 0.5) is 10.6 Å². The maximum atomic E-state index is 12.9. The number of nitrogens with one attached hydrogen (secondary N) is 2. The Kier molecular flexibility index (Phi) is 8.25. The number of hydrogen-bond acceptors (Lipinski definition) is 7. The van der Waals surface area contributed by atoms with Crippen molar-refractivity contribution < 1.29 is 9.59 Å². The van der Waals surface area contributed by atoms with Crippen molar-refractivity contribution in [2.45, 2.75) is 82.5 Å². The highest BCUT2D eigenvalue weighted by atomic mass is 16.2. The van der Waals surface area contributed by atoms with Gasteiger partial charge in [0.2, 0.25) is 5.91 Å². The predicted molar refractivity (Wildman–Crippen MR) is 154 cm³/mol. The highest BCUT2D eigenvalue weighted by molar-refractivity contribution is 5.89. The molecule has 3 aliphatic rings. The van der Waals surface area contributed by atoms with Gasteiger partial charge in [0.25, 0.3) is 0 Å². The van der Waals surface area contributed by atoms with Crippen molar-refractivity contribution in [1.29, 1.82) is 0 Å². The van der Waals surface area contributed by atoms with Gasteiger partial charge < -0.3 is 26.6 Å². The highest BCUT2D eigenvalue weighted by Gasteiger charge is 2.31.